The zero-order valence-electron chi connectivity index (χ0n) is 6.42. The molecule has 1 heterocycles. The van der Waals surface area contributed by atoms with Crippen LogP contribution in [0.5, 0.6) is 0 Å². The lowest BCUT2D eigenvalue weighted by atomic mass is 10.1. The molecule has 2 nitrogen and oxygen atoms in total. The van der Waals surface area contributed by atoms with E-state index in [0.29, 0.717) is 0 Å². The molecule has 1 atom stereocenters. The van der Waals surface area contributed by atoms with Gasteiger partial charge in [0, 0.05) is 10.7 Å². The summed E-state index contributed by atoms with van der Waals surface area (Å²) in [6.07, 6.45) is 3.67. The number of rotatable bonds is 0. The van der Waals surface area contributed by atoms with Crippen molar-refractivity contribution >= 4 is 15.9 Å². The standard InChI is InChI=1S/C9H7BrN2/c10-8-3-6-1-2-7(4-11)9(6)12-5-8/h3,5,7H,1-2H2. The Kier molecular flexibility index (Phi) is 1.86. The van der Waals surface area contributed by atoms with Crippen LogP contribution in [0.15, 0.2) is 16.7 Å². The highest BCUT2D eigenvalue weighted by atomic mass is 79.9. The smallest absolute Gasteiger partial charge is 0.0890 e. The molecule has 0 spiro atoms. The van der Waals surface area contributed by atoms with Crippen molar-refractivity contribution in [1.29, 1.82) is 5.26 Å². The summed E-state index contributed by atoms with van der Waals surface area (Å²) in [7, 11) is 0. The second kappa shape index (κ2) is 2.87. The van der Waals surface area contributed by atoms with Gasteiger partial charge in [0.05, 0.1) is 17.7 Å². The van der Waals surface area contributed by atoms with Crippen LogP contribution in [0.4, 0.5) is 0 Å². The fourth-order valence-corrected chi connectivity index (χ4v) is 1.95. The summed E-state index contributed by atoms with van der Waals surface area (Å²) in [6, 6.07) is 4.32. The van der Waals surface area contributed by atoms with Crippen LogP contribution >= 0.6 is 15.9 Å². The van der Waals surface area contributed by atoms with E-state index < -0.39 is 0 Å². The molecule has 0 radical (unpaired) electrons. The predicted molar refractivity (Wildman–Crippen MR) is 48.6 cm³/mol. The largest absolute Gasteiger partial charge is 0.258 e. The van der Waals surface area contributed by atoms with E-state index in [4.69, 9.17) is 5.26 Å². The Morgan fingerprint density at radius 2 is 2.50 bits per heavy atom. The Balaban J connectivity index is 2.49. The zero-order valence-corrected chi connectivity index (χ0v) is 8.00. The summed E-state index contributed by atoms with van der Waals surface area (Å²) < 4.78 is 1.000. The molecule has 12 heavy (non-hydrogen) atoms. The number of hydrogen-bond acceptors (Lipinski definition) is 2. The van der Waals surface area contributed by atoms with E-state index in [9.17, 15) is 0 Å². The van der Waals surface area contributed by atoms with Crippen molar-refractivity contribution in [3.63, 3.8) is 0 Å². The normalized spacial score (nSPS) is 20.2. The molecule has 0 aromatic carbocycles. The molecule has 0 amide bonds. The number of nitriles is 1. The van der Waals surface area contributed by atoms with Crippen LogP contribution in [0.1, 0.15) is 23.6 Å². The minimum absolute atomic E-state index is 0.0214. The van der Waals surface area contributed by atoms with E-state index >= 15 is 0 Å². The van der Waals surface area contributed by atoms with E-state index in [1.807, 2.05) is 0 Å². The van der Waals surface area contributed by atoms with Crippen LogP contribution < -0.4 is 0 Å². The van der Waals surface area contributed by atoms with Crippen LogP contribution in [0.25, 0.3) is 0 Å². The highest BCUT2D eigenvalue weighted by molar-refractivity contribution is 9.10. The van der Waals surface area contributed by atoms with E-state index in [-0.39, 0.29) is 5.92 Å². The highest BCUT2D eigenvalue weighted by Crippen LogP contribution is 2.31. The lowest BCUT2D eigenvalue weighted by molar-refractivity contribution is 0.810. The van der Waals surface area contributed by atoms with Gasteiger partial charge in [-0.25, -0.2) is 0 Å². The second-order valence-corrected chi connectivity index (χ2v) is 3.83. The van der Waals surface area contributed by atoms with Gasteiger partial charge >= 0.3 is 0 Å². The highest BCUT2D eigenvalue weighted by Gasteiger charge is 2.23. The molecule has 1 unspecified atom stereocenters. The van der Waals surface area contributed by atoms with Crippen molar-refractivity contribution in [2.24, 2.45) is 0 Å². The summed E-state index contributed by atoms with van der Waals surface area (Å²) >= 11 is 3.36. The minimum atomic E-state index is 0.0214. The first-order chi connectivity index (χ1) is 5.81. The number of halogens is 1. The number of pyridine rings is 1. The fraction of sp³-hybridized carbons (Fsp3) is 0.333. The van der Waals surface area contributed by atoms with Crippen molar-refractivity contribution in [2.75, 3.05) is 0 Å². The van der Waals surface area contributed by atoms with Crippen molar-refractivity contribution in [1.82, 2.24) is 4.98 Å². The Bertz CT molecular complexity index is 354. The monoisotopic (exact) mass is 222 g/mol. The number of aromatic nitrogens is 1. The molecule has 60 valence electrons. The summed E-state index contributed by atoms with van der Waals surface area (Å²) in [6.45, 7) is 0. The van der Waals surface area contributed by atoms with Gasteiger partial charge in [-0.05, 0) is 40.4 Å². The van der Waals surface area contributed by atoms with Crippen molar-refractivity contribution < 1.29 is 0 Å². The van der Waals surface area contributed by atoms with Gasteiger partial charge in [-0.1, -0.05) is 0 Å². The van der Waals surface area contributed by atoms with E-state index in [2.05, 4.69) is 33.0 Å². The molecular formula is C9H7BrN2. The first-order valence-corrected chi connectivity index (χ1v) is 4.64. The van der Waals surface area contributed by atoms with Crippen LogP contribution in [-0.4, -0.2) is 4.98 Å². The first-order valence-electron chi connectivity index (χ1n) is 3.85. The molecule has 2 rings (SSSR count). The van der Waals surface area contributed by atoms with Crippen LogP contribution in [-0.2, 0) is 6.42 Å². The maximum absolute atomic E-state index is 8.78. The molecule has 1 aliphatic carbocycles. The molecule has 1 aromatic heterocycles. The summed E-state index contributed by atoms with van der Waals surface area (Å²) in [5.74, 6) is 0.0214. The Morgan fingerprint density at radius 1 is 1.67 bits per heavy atom. The topological polar surface area (TPSA) is 36.7 Å². The maximum Gasteiger partial charge on any atom is 0.0890 e. The van der Waals surface area contributed by atoms with Gasteiger partial charge in [-0.15, -0.1) is 0 Å². The van der Waals surface area contributed by atoms with Gasteiger partial charge in [0.2, 0.25) is 0 Å². The molecule has 0 saturated carbocycles. The summed E-state index contributed by atoms with van der Waals surface area (Å²) in [5, 5.41) is 8.78. The molecule has 0 bridgehead atoms. The number of hydrogen-bond donors (Lipinski definition) is 0. The Morgan fingerprint density at radius 3 is 3.25 bits per heavy atom. The Hall–Kier alpha value is -0.880. The third-order valence-corrected chi connectivity index (χ3v) is 2.59. The van der Waals surface area contributed by atoms with Crippen LogP contribution in [0, 0.1) is 11.3 Å². The van der Waals surface area contributed by atoms with Gasteiger partial charge in [0.25, 0.3) is 0 Å². The van der Waals surface area contributed by atoms with Crippen molar-refractivity contribution in [2.45, 2.75) is 18.8 Å². The van der Waals surface area contributed by atoms with Gasteiger partial charge in [-0.2, -0.15) is 5.26 Å². The minimum Gasteiger partial charge on any atom is -0.258 e. The number of aryl methyl sites for hydroxylation is 1. The molecule has 3 heteroatoms. The SMILES string of the molecule is N#CC1CCc2cc(Br)cnc21. The van der Waals surface area contributed by atoms with E-state index in [0.717, 1.165) is 23.0 Å². The molecule has 0 fully saturated rings. The zero-order chi connectivity index (χ0) is 8.55. The maximum atomic E-state index is 8.78. The van der Waals surface area contributed by atoms with E-state index in [1.165, 1.54) is 5.56 Å². The third-order valence-electron chi connectivity index (χ3n) is 2.16. The van der Waals surface area contributed by atoms with Crippen molar-refractivity contribution in [3.8, 4) is 6.07 Å². The van der Waals surface area contributed by atoms with Gasteiger partial charge in [0.15, 0.2) is 0 Å². The quantitative estimate of drug-likeness (QED) is 0.677. The summed E-state index contributed by atoms with van der Waals surface area (Å²) in [4.78, 5) is 4.24. The molecule has 0 saturated heterocycles. The number of fused-ring (bicyclic) bond motifs is 1. The fourth-order valence-electron chi connectivity index (χ4n) is 1.57. The van der Waals surface area contributed by atoms with Gasteiger partial charge in [-0.3, -0.25) is 4.98 Å². The first kappa shape index (κ1) is 7.75. The second-order valence-electron chi connectivity index (χ2n) is 2.92. The molecule has 1 aromatic rings. The molecule has 1 aliphatic rings. The molecule has 0 aliphatic heterocycles. The summed E-state index contributed by atoms with van der Waals surface area (Å²) in [5.41, 5.74) is 2.19. The molecular weight excluding hydrogens is 216 g/mol. The third kappa shape index (κ3) is 1.12. The van der Waals surface area contributed by atoms with Crippen molar-refractivity contribution in [3.05, 3.63) is 28.0 Å². The number of nitrogens with zero attached hydrogens (tertiary/aromatic N) is 2. The van der Waals surface area contributed by atoms with E-state index in [1.54, 1.807) is 6.20 Å². The lowest BCUT2D eigenvalue weighted by Gasteiger charge is -1.99. The Labute approximate surface area is 79.4 Å². The van der Waals surface area contributed by atoms with Crippen LogP contribution in [0.3, 0.4) is 0 Å². The predicted octanol–water partition coefficient (Wildman–Crippen LogP) is 2.40. The average molecular weight is 223 g/mol. The van der Waals surface area contributed by atoms with Gasteiger partial charge < -0.3 is 0 Å². The van der Waals surface area contributed by atoms with Crippen LogP contribution in [0.2, 0.25) is 0 Å². The molecule has 0 N–H and O–H groups in total. The average Bonchev–Trinajstić information content (AvgIpc) is 2.46. The van der Waals surface area contributed by atoms with Gasteiger partial charge in [0.1, 0.15) is 0 Å². The lowest BCUT2D eigenvalue weighted by Crippen LogP contribution is -1.92.